The van der Waals surface area contributed by atoms with E-state index in [0.29, 0.717) is 12.1 Å². The molecule has 3 N–H and O–H groups in total. The van der Waals surface area contributed by atoms with Crippen molar-refractivity contribution in [2.24, 2.45) is 5.92 Å². The summed E-state index contributed by atoms with van der Waals surface area (Å²) in [7, 11) is 1.64. The summed E-state index contributed by atoms with van der Waals surface area (Å²) in [6, 6.07) is 17.4. The summed E-state index contributed by atoms with van der Waals surface area (Å²) in [5.41, 5.74) is 5.18. The second-order valence-electron chi connectivity index (χ2n) is 8.92. The fourth-order valence-corrected chi connectivity index (χ4v) is 4.22. The third-order valence-corrected chi connectivity index (χ3v) is 6.56. The van der Waals surface area contributed by atoms with Gasteiger partial charge in [0.15, 0.2) is 0 Å². The zero-order chi connectivity index (χ0) is 24.9. The van der Waals surface area contributed by atoms with Crippen molar-refractivity contribution in [1.82, 2.24) is 20.3 Å². The lowest BCUT2D eigenvalue weighted by molar-refractivity contribution is 0.0964. The van der Waals surface area contributed by atoms with Crippen LogP contribution in [0.2, 0.25) is 0 Å². The van der Waals surface area contributed by atoms with E-state index >= 15 is 0 Å². The first kappa shape index (κ1) is 24.3. The highest BCUT2D eigenvalue weighted by Gasteiger charge is 2.19. The van der Waals surface area contributed by atoms with Crippen LogP contribution in [0.15, 0.2) is 67.1 Å². The molecular formula is C28H31N5O2. The van der Waals surface area contributed by atoms with Crippen LogP contribution in [0.3, 0.4) is 0 Å². The summed E-state index contributed by atoms with van der Waals surface area (Å²) >= 11 is 0. The summed E-state index contributed by atoms with van der Waals surface area (Å²) in [5, 5.41) is 16.9. The van der Waals surface area contributed by atoms with Crippen molar-refractivity contribution >= 4 is 22.6 Å². The van der Waals surface area contributed by atoms with Crippen LogP contribution in [0.4, 0.5) is 5.82 Å². The molecule has 1 amide bonds. The quantitative estimate of drug-likeness (QED) is 0.337. The molecule has 0 aliphatic heterocycles. The van der Waals surface area contributed by atoms with Gasteiger partial charge in [0, 0.05) is 36.8 Å². The van der Waals surface area contributed by atoms with Gasteiger partial charge in [0.05, 0.1) is 22.9 Å². The van der Waals surface area contributed by atoms with Gasteiger partial charge >= 0.3 is 0 Å². The number of aliphatic hydroxyl groups is 1. The summed E-state index contributed by atoms with van der Waals surface area (Å²) in [4.78, 5) is 25.7. The van der Waals surface area contributed by atoms with Crippen molar-refractivity contribution in [3.63, 3.8) is 0 Å². The molecule has 0 aliphatic carbocycles. The molecule has 7 nitrogen and oxygen atoms in total. The third-order valence-electron chi connectivity index (χ3n) is 6.56. The Bertz CT molecular complexity index is 1340. The van der Waals surface area contributed by atoms with Crippen LogP contribution < -0.4 is 10.6 Å². The number of rotatable bonds is 8. The maximum absolute atomic E-state index is 12.3. The molecule has 0 bridgehead atoms. The fourth-order valence-electron chi connectivity index (χ4n) is 4.22. The highest BCUT2D eigenvalue weighted by atomic mass is 16.3. The molecule has 7 heteroatoms. The highest BCUT2D eigenvalue weighted by molar-refractivity contribution is 6.06. The second-order valence-corrected chi connectivity index (χ2v) is 8.92. The number of anilines is 1. The van der Waals surface area contributed by atoms with Gasteiger partial charge in [-0.05, 0) is 42.0 Å². The number of aromatic nitrogens is 3. The predicted molar refractivity (Wildman–Crippen MR) is 139 cm³/mol. The molecule has 0 saturated heterocycles. The molecule has 0 radical (unpaired) electrons. The van der Waals surface area contributed by atoms with E-state index in [0.717, 1.165) is 39.1 Å². The zero-order valence-corrected chi connectivity index (χ0v) is 20.5. The Labute approximate surface area is 205 Å². The zero-order valence-electron chi connectivity index (χ0n) is 20.5. The molecule has 4 aromatic rings. The molecule has 2 unspecified atom stereocenters. The Hall–Kier alpha value is -3.84. The Morgan fingerprint density at radius 2 is 1.80 bits per heavy atom. The number of nitrogens with one attached hydrogen (secondary N) is 2. The maximum atomic E-state index is 12.3. The van der Waals surface area contributed by atoms with Gasteiger partial charge in [-0.25, -0.2) is 9.97 Å². The van der Waals surface area contributed by atoms with Gasteiger partial charge in [-0.1, -0.05) is 50.2 Å². The van der Waals surface area contributed by atoms with E-state index in [2.05, 4.69) is 45.5 Å². The molecular weight excluding hydrogens is 438 g/mol. The second kappa shape index (κ2) is 10.6. The SMILES string of the molecule is CNC(=O)c1ccnc2c(C(C)[C@H](C)CNc3cc(-c4cccc(C(C)O)c4)ncn3)cccc12. The molecule has 2 heterocycles. The number of aliphatic hydroxyl groups excluding tert-OH is 1. The molecule has 0 spiro atoms. The summed E-state index contributed by atoms with van der Waals surface area (Å²) < 4.78 is 0. The first-order valence-corrected chi connectivity index (χ1v) is 11.8. The van der Waals surface area contributed by atoms with Crippen molar-refractivity contribution in [2.75, 3.05) is 18.9 Å². The number of hydrogen-bond donors (Lipinski definition) is 3. The Kier molecular flexibility index (Phi) is 7.36. The van der Waals surface area contributed by atoms with Gasteiger partial charge in [-0.2, -0.15) is 0 Å². The Morgan fingerprint density at radius 3 is 2.57 bits per heavy atom. The van der Waals surface area contributed by atoms with E-state index in [-0.39, 0.29) is 17.7 Å². The minimum Gasteiger partial charge on any atom is -0.389 e. The fraction of sp³-hybridized carbons (Fsp3) is 0.286. The van der Waals surface area contributed by atoms with E-state index in [9.17, 15) is 9.90 Å². The smallest absolute Gasteiger partial charge is 0.251 e. The standard InChI is InChI=1S/C28H31N5O2/c1-17(18(2)22-9-6-10-23-24(28(35)29-4)11-12-30-27(22)23)15-31-26-14-25(32-16-33-26)21-8-5-7-20(13-21)19(3)34/h5-14,16-19,34H,15H2,1-4H3,(H,29,35)(H,31,32,33)/t17-,18?,19?/m1/s1. The van der Waals surface area contributed by atoms with E-state index in [1.54, 1.807) is 32.6 Å². The number of carbonyl (C=O) groups excluding carboxylic acids is 1. The predicted octanol–water partition coefficient (Wildman–Crippen LogP) is 4.96. The summed E-state index contributed by atoms with van der Waals surface area (Å²) in [6.45, 7) is 6.83. The lowest BCUT2D eigenvalue weighted by Gasteiger charge is -2.22. The monoisotopic (exact) mass is 469 g/mol. The van der Waals surface area contributed by atoms with Crippen molar-refractivity contribution < 1.29 is 9.90 Å². The number of amides is 1. The van der Waals surface area contributed by atoms with Gasteiger partial charge in [-0.15, -0.1) is 0 Å². The van der Waals surface area contributed by atoms with E-state index < -0.39 is 6.10 Å². The largest absolute Gasteiger partial charge is 0.389 e. The number of pyridine rings is 1. The van der Waals surface area contributed by atoms with Crippen LogP contribution in [0.25, 0.3) is 22.2 Å². The van der Waals surface area contributed by atoms with Crippen LogP contribution in [-0.2, 0) is 0 Å². The van der Waals surface area contributed by atoms with Crippen LogP contribution in [0.5, 0.6) is 0 Å². The number of nitrogens with zero attached hydrogens (tertiary/aromatic N) is 3. The van der Waals surface area contributed by atoms with Crippen molar-refractivity contribution in [1.29, 1.82) is 0 Å². The lowest BCUT2D eigenvalue weighted by Crippen LogP contribution is -2.19. The molecule has 0 saturated carbocycles. The van der Waals surface area contributed by atoms with Crippen LogP contribution in [0.1, 0.15) is 54.3 Å². The summed E-state index contributed by atoms with van der Waals surface area (Å²) in [5.74, 6) is 1.09. The number of para-hydroxylation sites is 1. The van der Waals surface area contributed by atoms with Gasteiger partial charge in [0.25, 0.3) is 5.91 Å². The lowest BCUT2D eigenvalue weighted by atomic mass is 9.87. The van der Waals surface area contributed by atoms with Gasteiger partial charge in [-0.3, -0.25) is 9.78 Å². The Balaban J connectivity index is 1.51. The minimum atomic E-state index is -0.535. The molecule has 35 heavy (non-hydrogen) atoms. The molecule has 2 aromatic carbocycles. The molecule has 2 aromatic heterocycles. The summed E-state index contributed by atoms with van der Waals surface area (Å²) in [6.07, 6.45) is 2.71. The van der Waals surface area contributed by atoms with Crippen LogP contribution in [-0.4, -0.2) is 39.6 Å². The van der Waals surface area contributed by atoms with Crippen LogP contribution >= 0.6 is 0 Å². The van der Waals surface area contributed by atoms with Crippen molar-refractivity contribution in [2.45, 2.75) is 32.8 Å². The van der Waals surface area contributed by atoms with Gasteiger partial charge < -0.3 is 15.7 Å². The topological polar surface area (TPSA) is 100 Å². The van der Waals surface area contributed by atoms with E-state index in [1.165, 1.54) is 0 Å². The minimum absolute atomic E-state index is 0.115. The van der Waals surface area contributed by atoms with Crippen molar-refractivity contribution in [3.05, 3.63) is 83.8 Å². The average molecular weight is 470 g/mol. The molecule has 180 valence electrons. The number of fused-ring (bicyclic) bond motifs is 1. The molecule has 3 atom stereocenters. The third kappa shape index (κ3) is 5.30. The van der Waals surface area contributed by atoms with Crippen LogP contribution in [0, 0.1) is 5.92 Å². The first-order valence-electron chi connectivity index (χ1n) is 11.8. The molecule has 4 rings (SSSR count). The van der Waals surface area contributed by atoms with E-state index in [4.69, 9.17) is 0 Å². The normalized spacial score (nSPS) is 13.7. The van der Waals surface area contributed by atoms with Crippen molar-refractivity contribution in [3.8, 4) is 11.3 Å². The number of carbonyl (C=O) groups is 1. The van der Waals surface area contributed by atoms with Gasteiger partial charge in [0.2, 0.25) is 0 Å². The average Bonchev–Trinajstić information content (AvgIpc) is 2.90. The highest BCUT2D eigenvalue weighted by Crippen LogP contribution is 2.31. The molecule has 0 fully saturated rings. The maximum Gasteiger partial charge on any atom is 0.251 e. The Morgan fingerprint density at radius 1 is 1.00 bits per heavy atom. The van der Waals surface area contributed by atoms with E-state index in [1.807, 2.05) is 42.5 Å². The number of hydrogen-bond acceptors (Lipinski definition) is 6. The van der Waals surface area contributed by atoms with Gasteiger partial charge in [0.1, 0.15) is 12.1 Å². The number of benzene rings is 2. The molecule has 0 aliphatic rings. The first-order chi connectivity index (χ1) is 16.9.